The fourth-order valence-corrected chi connectivity index (χ4v) is 2.30. The normalized spacial score (nSPS) is 12.4. The summed E-state index contributed by atoms with van der Waals surface area (Å²) in [5.74, 6) is 0. The van der Waals surface area contributed by atoms with E-state index in [0.717, 1.165) is 11.1 Å². The second kappa shape index (κ2) is 5.09. The zero-order valence-electron chi connectivity index (χ0n) is 8.33. The molecule has 2 aromatic carbocycles. The highest BCUT2D eigenvalue weighted by Gasteiger charge is 2.14. The standard InChI is InChI=1S/C13H9Cl3/c14-10-6-7-12(15)11(8-10)13(16)9-4-2-1-3-5-9/h1-8,13H. The lowest BCUT2D eigenvalue weighted by molar-refractivity contribution is 1.14. The van der Waals surface area contributed by atoms with Gasteiger partial charge in [0.2, 0.25) is 0 Å². The molecule has 82 valence electrons. The highest BCUT2D eigenvalue weighted by atomic mass is 35.5. The van der Waals surface area contributed by atoms with Crippen LogP contribution in [0.2, 0.25) is 10.0 Å². The predicted octanol–water partition coefficient (Wildman–Crippen LogP) is 5.32. The lowest BCUT2D eigenvalue weighted by Gasteiger charge is -2.12. The Bertz CT molecular complexity index is 480. The minimum absolute atomic E-state index is 0.271. The average Bonchev–Trinajstić information content (AvgIpc) is 2.32. The first-order valence-corrected chi connectivity index (χ1v) is 6.01. The van der Waals surface area contributed by atoms with E-state index in [2.05, 4.69) is 0 Å². The van der Waals surface area contributed by atoms with E-state index in [9.17, 15) is 0 Å². The van der Waals surface area contributed by atoms with Crippen molar-refractivity contribution in [3.63, 3.8) is 0 Å². The summed E-state index contributed by atoms with van der Waals surface area (Å²) >= 11 is 18.4. The van der Waals surface area contributed by atoms with Crippen molar-refractivity contribution in [3.8, 4) is 0 Å². The van der Waals surface area contributed by atoms with Crippen LogP contribution in [0.15, 0.2) is 48.5 Å². The molecular weight excluding hydrogens is 263 g/mol. The average molecular weight is 272 g/mol. The second-order valence-electron chi connectivity index (χ2n) is 3.44. The SMILES string of the molecule is Clc1ccc(Cl)c(C(Cl)c2ccccc2)c1. The Morgan fingerprint density at radius 2 is 1.56 bits per heavy atom. The zero-order valence-corrected chi connectivity index (χ0v) is 10.6. The molecule has 0 radical (unpaired) electrons. The van der Waals surface area contributed by atoms with E-state index in [1.807, 2.05) is 30.3 Å². The van der Waals surface area contributed by atoms with Crippen molar-refractivity contribution in [3.05, 3.63) is 69.7 Å². The maximum absolute atomic E-state index is 6.37. The molecule has 2 rings (SSSR count). The fourth-order valence-electron chi connectivity index (χ4n) is 1.51. The van der Waals surface area contributed by atoms with Crippen molar-refractivity contribution in [2.75, 3.05) is 0 Å². The van der Waals surface area contributed by atoms with Crippen molar-refractivity contribution < 1.29 is 0 Å². The van der Waals surface area contributed by atoms with Crippen molar-refractivity contribution >= 4 is 34.8 Å². The van der Waals surface area contributed by atoms with Gasteiger partial charge in [0.15, 0.2) is 0 Å². The molecule has 0 aliphatic rings. The number of halogens is 3. The van der Waals surface area contributed by atoms with E-state index < -0.39 is 0 Å². The maximum atomic E-state index is 6.37. The van der Waals surface area contributed by atoms with Crippen molar-refractivity contribution in [1.29, 1.82) is 0 Å². The third-order valence-corrected chi connectivity index (χ3v) is 3.39. The van der Waals surface area contributed by atoms with E-state index in [1.165, 1.54) is 0 Å². The monoisotopic (exact) mass is 270 g/mol. The minimum Gasteiger partial charge on any atom is -0.113 e. The van der Waals surface area contributed by atoms with Crippen LogP contribution in [-0.2, 0) is 0 Å². The van der Waals surface area contributed by atoms with E-state index in [1.54, 1.807) is 18.2 Å². The lowest BCUT2D eigenvalue weighted by Crippen LogP contribution is -1.93. The highest BCUT2D eigenvalue weighted by Crippen LogP contribution is 2.34. The Hall–Kier alpha value is -0.690. The topological polar surface area (TPSA) is 0 Å². The molecule has 0 bridgehead atoms. The van der Waals surface area contributed by atoms with Crippen LogP contribution in [0.25, 0.3) is 0 Å². The molecule has 0 spiro atoms. The van der Waals surface area contributed by atoms with Gasteiger partial charge in [-0.25, -0.2) is 0 Å². The molecule has 0 heterocycles. The highest BCUT2D eigenvalue weighted by molar-refractivity contribution is 6.35. The van der Waals surface area contributed by atoms with Crippen LogP contribution in [0, 0.1) is 0 Å². The molecule has 0 amide bonds. The number of benzene rings is 2. The van der Waals surface area contributed by atoms with Crippen molar-refractivity contribution in [2.24, 2.45) is 0 Å². The van der Waals surface area contributed by atoms with Gasteiger partial charge in [0.1, 0.15) is 0 Å². The lowest BCUT2D eigenvalue weighted by atomic mass is 10.0. The molecule has 0 aliphatic carbocycles. The van der Waals surface area contributed by atoms with Gasteiger partial charge in [-0.2, -0.15) is 0 Å². The summed E-state index contributed by atoms with van der Waals surface area (Å²) < 4.78 is 0. The van der Waals surface area contributed by atoms with Crippen LogP contribution >= 0.6 is 34.8 Å². The van der Waals surface area contributed by atoms with Crippen molar-refractivity contribution in [2.45, 2.75) is 5.38 Å². The summed E-state index contributed by atoms with van der Waals surface area (Å²) in [5, 5.41) is 1.00. The second-order valence-corrected chi connectivity index (χ2v) is 4.72. The first-order valence-electron chi connectivity index (χ1n) is 4.82. The van der Waals surface area contributed by atoms with E-state index in [-0.39, 0.29) is 5.38 Å². The smallest absolute Gasteiger partial charge is 0.0850 e. The van der Waals surface area contributed by atoms with Gasteiger partial charge in [-0.15, -0.1) is 11.6 Å². The van der Waals surface area contributed by atoms with Gasteiger partial charge in [-0.05, 0) is 29.3 Å². The maximum Gasteiger partial charge on any atom is 0.0850 e. The quantitative estimate of drug-likeness (QED) is 0.648. The molecule has 3 heteroatoms. The van der Waals surface area contributed by atoms with Gasteiger partial charge in [0.05, 0.1) is 5.38 Å². The Kier molecular flexibility index (Phi) is 3.75. The first-order chi connectivity index (χ1) is 7.68. The number of alkyl halides is 1. The van der Waals surface area contributed by atoms with E-state index >= 15 is 0 Å². The molecular formula is C13H9Cl3. The molecule has 1 unspecified atom stereocenters. The molecule has 16 heavy (non-hydrogen) atoms. The summed E-state index contributed by atoms with van der Waals surface area (Å²) in [6, 6.07) is 15.1. The summed E-state index contributed by atoms with van der Waals surface area (Å²) in [5.41, 5.74) is 1.84. The van der Waals surface area contributed by atoms with E-state index in [0.29, 0.717) is 10.0 Å². The predicted molar refractivity (Wildman–Crippen MR) is 70.6 cm³/mol. The van der Waals surface area contributed by atoms with Crippen LogP contribution < -0.4 is 0 Å². The molecule has 0 nitrogen and oxygen atoms in total. The van der Waals surface area contributed by atoms with Crippen molar-refractivity contribution in [1.82, 2.24) is 0 Å². The van der Waals surface area contributed by atoms with Crippen LogP contribution in [-0.4, -0.2) is 0 Å². The van der Waals surface area contributed by atoms with Crippen LogP contribution in [0.5, 0.6) is 0 Å². The third-order valence-electron chi connectivity index (χ3n) is 2.32. The van der Waals surface area contributed by atoms with Gasteiger partial charge in [-0.3, -0.25) is 0 Å². The largest absolute Gasteiger partial charge is 0.113 e. The number of hydrogen-bond acceptors (Lipinski definition) is 0. The molecule has 2 aromatic rings. The third kappa shape index (κ3) is 2.52. The number of rotatable bonds is 2. The van der Waals surface area contributed by atoms with Crippen LogP contribution in [0.3, 0.4) is 0 Å². The van der Waals surface area contributed by atoms with Gasteiger partial charge in [0, 0.05) is 10.0 Å². The molecule has 0 saturated heterocycles. The Morgan fingerprint density at radius 1 is 0.875 bits per heavy atom. The summed E-state index contributed by atoms with van der Waals surface area (Å²) in [6.45, 7) is 0. The zero-order chi connectivity index (χ0) is 11.5. The molecule has 0 fully saturated rings. The van der Waals surface area contributed by atoms with Crippen LogP contribution in [0.4, 0.5) is 0 Å². The summed E-state index contributed by atoms with van der Waals surface area (Å²) in [4.78, 5) is 0. The Labute approximate surface area is 110 Å². The minimum atomic E-state index is -0.271. The number of hydrogen-bond donors (Lipinski definition) is 0. The summed E-state index contributed by atoms with van der Waals surface area (Å²) in [7, 11) is 0. The van der Waals surface area contributed by atoms with Gasteiger partial charge in [0.25, 0.3) is 0 Å². The Morgan fingerprint density at radius 3 is 2.25 bits per heavy atom. The fraction of sp³-hybridized carbons (Fsp3) is 0.0769. The summed E-state index contributed by atoms with van der Waals surface area (Å²) in [6.07, 6.45) is 0. The molecule has 1 atom stereocenters. The van der Waals surface area contributed by atoms with E-state index in [4.69, 9.17) is 34.8 Å². The molecule has 0 aliphatic heterocycles. The van der Waals surface area contributed by atoms with Gasteiger partial charge in [-0.1, -0.05) is 53.5 Å². The first kappa shape index (κ1) is 11.8. The molecule has 0 saturated carbocycles. The van der Waals surface area contributed by atoms with Crippen LogP contribution in [0.1, 0.15) is 16.5 Å². The molecule has 0 N–H and O–H groups in total. The molecule has 0 aromatic heterocycles. The van der Waals surface area contributed by atoms with Gasteiger partial charge < -0.3 is 0 Å². The Balaban J connectivity index is 2.41. The van der Waals surface area contributed by atoms with Gasteiger partial charge >= 0.3 is 0 Å².